The van der Waals surface area contributed by atoms with Crippen LogP contribution in [0.3, 0.4) is 0 Å². The van der Waals surface area contributed by atoms with Gasteiger partial charge in [0.15, 0.2) is 0 Å². The summed E-state index contributed by atoms with van der Waals surface area (Å²) in [5.74, 6) is 0. The number of fused-ring (bicyclic) bond motifs is 2. The van der Waals surface area contributed by atoms with Crippen molar-refractivity contribution in [2.45, 2.75) is 56.7 Å². The normalized spacial score (nSPS) is 32.6. The van der Waals surface area contributed by atoms with E-state index in [1.807, 2.05) is 5.51 Å². The average Bonchev–Trinajstić information content (AvgIpc) is 2.88. The molecule has 2 unspecified atom stereocenters. The van der Waals surface area contributed by atoms with E-state index >= 15 is 0 Å². The first-order valence-electron chi connectivity index (χ1n) is 7.17. The van der Waals surface area contributed by atoms with Gasteiger partial charge in [0.2, 0.25) is 0 Å². The van der Waals surface area contributed by atoms with E-state index in [0.29, 0.717) is 0 Å². The van der Waals surface area contributed by atoms with Crippen LogP contribution in [0.2, 0.25) is 0 Å². The van der Waals surface area contributed by atoms with Crippen LogP contribution in [-0.2, 0) is 6.42 Å². The van der Waals surface area contributed by atoms with Crippen LogP contribution in [0.25, 0.3) is 0 Å². The van der Waals surface area contributed by atoms with Gasteiger partial charge in [-0.1, -0.05) is 6.42 Å². The van der Waals surface area contributed by atoms with Gasteiger partial charge in [0.1, 0.15) is 0 Å². The maximum atomic E-state index is 4.41. The summed E-state index contributed by atoms with van der Waals surface area (Å²) < 4.78 is 0. The van der Waals surface area contributed by atoms with Crippen LogP contribution in [0.5, 0.6) is 0 Å². The second kappa shape index (κ2) is 5.68. The van der Waals surface area contributed by atoms with Gasteiger partial charge in [0.05, 0.1) is 11.2 Å². The second-order valence-electron chi connectivity index (χ2n) is 5.66. The van der Waals surface area contributed by atoms with Gasteiger partial charge in [-0.15, -0.1) is 11.3 Å². The Morgan fingerprint density at radius 2 is 2.17 bits per heavy atom. The van der Waals surface area contributed by atoms with Gasteiger partial charge >= 0.3 is 0 Å². The molecule has 2 saturated heterocycles. The summed E-state index contributed by atoms with van der Waals surface area (Å²) in [6.07, 6.45) is 8.02. The Hall–Kier alpha value is -0.450. The number of nitrogens with zero attached hydrogens (tertiary/aromatic N) is 2. The number of thiazole rings is 1. The summed E-state index contributed by atoms with van der Waals surface area (Å²) >= 11 is 1.71. The van der Waals surface area contributed by atoms with Crippen LogP contribution in [0.4, 0.5) is 0 Å². The van der Waals surface area contributed by atoms with Crippen LogP contribution in [0.1, 0.15) is 37.8 Å². The zero-order valence-corrected chi connectivity index (χ0v) is 12.0. The topological polar surface area (TPSA) is 28.2 Å². The minimum atomic E-state index is 0.746. The number of rotatable bonds is 4. The Labute approximate surface area is 114 Å². The molecule has 0 spiro atoms. The second-order valence-corrected chi connectivity index (χ2v) is 6.38. The molecule has 0 saturated carbocycles. The molecule has 1 aromatic heterocycles. The molecular formula is C14H23N3S. The molecule has 1 aromatic rings. The van der Waals surface area contributed by atoms with E-state index in [4.69, 9.17) is 0 Å². The molecule has 4 heteroatoms. The minimum absolute atomic E-state index is 0.746. The molecule has 1 N–H and O–H groups in total. The van der Waals surface area contributed by atoms with Crippen LogP contribution >= 0.6 is 11.3 Å². The van der Waals surface area contributed by atoms with E-state index in [0.717, 1.165) is 24.5 Å². The van der Waals surface area contributed by atoms with E-state index < -0.39 is 0 Å². The smallest absolute Gasteiger partial charge is 0.0794 e. The molecule has 18 heavy (non-hydrogen) atoms. The first-order chi connectivity index (χ1) is 8.86. The average molecular weight is 265 g/mol. The third-order valence-electron chi connectivity index (χ3n) is 4.64. The lowest BCUT2D eigenvalue weighted by Gasteiger charge is -2.49. The minimum Gasteiger partial charge on any atom is -0.317 e. The van der Waals surface area contributed by atoms with E-state index in [1.54, 1.807) is 11.3 Å². The molecule has 2 atom stereocenters. The lowest BCUT2D eigenvalue weighted by atomic mass is 9.81. The van der Waals surface area contributed by atoms with Gasteiger partial charge in [-0.25, -0.2) is 4.98 Å². The summed E-state index contributed by atoms with van der Waals surface area (Å²) in [4.78, 5) is 7.18. The molecule has 3 heterocycles. The Kier molecular flexibility index (Phi) is 3.97. The fourth-order valence-corrected chi connectivity index (χ4v) is 4.28. The molecular weight excluding hydrogens is 242 g/mol. The Morgan fingerprint density at radius 1 is 1.39 bits per heavy atom. The number of nitrogens with one attached hydrogen (secondary N) is 1. The molecule has 0 radical (unpaired) electrons. The van der Waals surface area contributed by atoms with Gasteiger partial charge in [0.25, 0.3) is 0 Å². The maximum Gasteiger partial charge on any atom is 0.0794 e. The molecule has 0 aromatic carbocycles. The van der Waals surface area contributed by atoms with Crippen molar-refractivity contribution in [3.8, 4) is 0 Å². The SMILES string of the molecule is CNC1CC2CCCC(C1)N2CCc1cscn1. The summed E-state index contributed by atoms with van der Waals surface area (Å²) in [6.45, 7) is 1.20. The van der Waals surface area contributed by atoms with Gasteiger partial charge < -0.3 is 5.32 Å². The van der Waals surface area contributed by atoms with Crippen LogP contribution in [0, 0.1) is 0 Å². The highest BCUT2D eigenvalue weighted by Gasteiger charge is 2.37. The lowest BCUT2D eigenvalue weighted by molar-refractivity contribution is 0.0269. The zero-order valence-electron chi connectivity index (χ0n) is 11.1. The van der Waals surface area contributed by atoms with E-state index in [1.165, 1.54) is 44.3 Å². The monoisotopic (exact) mass is 265 g/mol. The highest BCUT2D eigenvalue weighted by atomic mass is 32.1. The number of hydrogen-bond donors (Lipinski definition) is 1. The third kappa shape index (κ3) is 2.60. The fraction of sp³-hybridized carbons (Fsp3) is 0.786. The molecule has 0 aliphatic carbocycles. The predicted octanol–water partition coefficient (Wildman–Crippen LogP) is 2.29. The Bertz CT molecular complexity index is 351. The summed E-state index contributed by atoms with van der Waals surface area (Å²) in [7, 11) is 2.12. The van der Waals surface area contributed by atoms with Gasteiger partial charge in [-0.3, -0.25) is 4.90 Å². The van der Waals surface area contributed by atoms with Crippen molar-refractivity contribution in [3.05, 3.63) is 16.6 Å². The lowest BCUT2D eigenvalue weighted by Crippen LogP contribution is -2.56. The molecule has 3 rings (SSSR count). The first kappa shape index (κ1) is 12.6. The molecule has 0 amide bonds. The largest absolute Gasteiger partial charge is 0.317 e. The number of piperidine rings is 2. The first-order valence-corrected chi connectivity index (χ1v) is 8.11. The van der Waals surface area contributed by atoms with Crippen LogP contribution in [0.15, 0.2) is 10.9 Å². The highest BCUT2D eigenvalue weighted by Crippen LogP contribution is 2.33. The predicted molar refractivity (Wildman–Crippen MR) is 76.0 cm³/mol. The molecule has 2 fully saturated rings. The Morgan fingerprint density at radius 3 is 2.78 bits per heavy atom. The van der Waals surface area contributed by atoms with Gasteiger partial charge in [-0.05, 0) is 32.7 Å². The van der Waals surface area contributed by atoms with Crippen molar-refractivity contribution in [3.63, 3.8) is 0 Å². The van der Waals surface area contributed by atoms with Gasteiger partial charge in [-0.2, -0.15) is 0 Å². The highest BCUT2D eigenvalue weighted by molar-refractivity contribution is 7.07. The van der Waals surface area contributed by atoms with Gasteiger partial charge in [0, 0.05) is 36.5 Å². The third-order valence-corrected chi connectivity index (χ3v) is 5.28. The van der Waals surface area contributed by atoms with Crippen molar-refractivity contribution >= 4 is 11.3 Å². The summed E-state index contributed by atoms with van der Waals surface area (Å²) in [5, 5.41) is 5.68. The zero-order chi connectivity index (χ0) is 12.4. The van der Waals surface area contributed by atoms with Crippen LogP contribution in [-0.4, -0.2) is 41.6 Å². The standard InChI is InChI=1S/C14H23N3S/c1-15-12-7-13-3-2-4-14(8-12)17(13)6-5-11-9-18-10-16-11/h9-10,12-15H,2-8H2,1H3. The molecule has 2 bridgehead atoms. The quantitative estimate of drug-likeness (QED) is 0.905. The maximum absolute atomic E-state index is 4.41. The number of aromatic nitrogens is 1. The van der Waals surface area contributed by atoms with E-state index in [-0.39, 0.29) is 0 Å². The Balaban J connectivity index is 1.61. The number of hydrogen-bond acceptors (Lipinski definition) is 4. The molecule has 2 aliphatic rings. The van der Waals surface area contributed by atoms with Crippen LogP contribution < -0.4 is 5.32 Å². The van der Waals surface area contributed by atoms with Crippen molar-refractivity contribution < 1.29 is 0 Å². The summed E-state index contributed by atoms with van der Waals surface area (Å²) in [5.41, 5.74) is 3.22. The molecule has 2 aliphatic heterocycles. The molecule has 3 nitrogen and oxygen atoms in total. The fourth-order valence-electron chi connectivity index (χ4n) is 3.68. The summed E-state index contributed by atoms with van der Waals surface area (Å²) in [6, 6.07) is 2.37. The van der Waals surface area contributed by atoms with E-state index in [9.17, 15) is 0 Å². The molecule has 100 valence electrons. The van der Waals surface area contributed by atoms with E-state index in [2.05, 4.69) is 27.6 Å². The van der Waals surface area contributed by atoms with Crippen molar-refractivity contribution in [1.29, 1.82) is 0 Å². The van der Waals surface area contributed by atoms with Crippen molar-refractivity contribution in [1.82, 2.24) is 15.2 Å². The van der Waals surface area contributed by atoms with Crippen molar-refractivity contribution in [2.24, 2.45) is 0 Å². The van der Waals surface area contributed by atoms with Crippen molar-refractivity contribution in [2.75, 3.05) is 13.6 Å².